The zero-order valence-electron chi connectivity index (χ0n) is 21.0. The maximum Gasteiger partial charge on any atom is 0.336 e. The molecule has 39 heavy (non-hydrogen) atoms. The van der Waals surface area contributed by atoms with Gasteiger partial charge in [-0.25, -0.2) is 9.36 Å². The molecule has 10 heteroatoms. The van der Waals surface area contributed by atoms with E-state index in [2.05, 4.69) is 5.32 Å². The van der Waals surface area contributed by atoms with Crippen molar-refractivity contribution in [2.75, 3.05) is 0 Å². The zero-order valence-corrected chi connectivity index (χ0v) is 21.8. The molecule has 9 nitrogen and oxygen atoms in total. The fourth-order valence-corrected chi connectivity index (χ4v) is 5.16. The number of aromatic nitrogens is 2. The van der Waals surface area contributed by atoms with Crippen molar-refractivity contribution in [3.63, 3.8) is 0 Å². The summed E-state index contributed by atoms with van der Waals surface area (Å²) in [6, 6.07) is 22.4. The van der Waals surface area contributed by atoms with Gasteiger partial charge >= 0.3 is 5.69 Å². The number of carbonyl (C=O) groups excluding carboxylic acids is 1. The van der Waals surface area contributed by atoms with Crippen molar-refractivity contribution in [2.24, 2.45) is 0 Å². The van der Waals surface area contributed by atoms with Crippen LogP contribution in [0.1, 0.15) is 22.3 Å². The highest BCUT2D eigenvalue weighted by molar-refractivity contribution is 7.17. The number of nitrogens with zero attached hydrogens (tertiary/aromatic N) is 3. The van der Waals surface area contributed by atoms with Crippen molar-refractivity contribution in [3.8, 4) is 5.69 Å². The molecule has 2 aromatic heterocycles. The van der Waals surface area contributed by atoms with Crippen molar-refractivity contribution in [1.82, 2.24) is 14.5 Å². The first-order chi connectivity index (χ1) is 18.8. The Bertz CT molecular complexity index is 1800. The molecule has 0 saturated heterocycles. The van der Waals surface area contributed by atoms with Gasteiger partial charge in [0.05, 0.1) is 29.1 Å². The van der Waals surface area contributed by atoms with Gasteiger partial charge in [-0.15, -0.1) is 11.3 Å². The van der Waals surface area contributed by atoms with Crippen molar-refractivity contribution in [3.05, 3.63) is 137 Å². The first-order valence-electron chi connectivity index (χ1n) is 12.2. The summed E-state index contributed by atoms with van der Waals surface area (Å²) < 4.78 is 2.94. The molecule has 1 N–H and O–H groups in total. The summed E-state index contributed by atoms with van der Waals surface area (Å²) in [6.45, 7) is 2.50. The largest absolute Gasteiger partial charge is 0.352 e. The third-order valence-electron chi connectivity index (χ3n) is 6.39. The average Bonchev–Trinajstić information content (AvgIpc) is 3.42. The number of benzene rings is 3. The van der Waals surface area contributed by atoms with E-state index in [1.165, 1.54) is 28.0 Å². The molecule has 5 rings (SSSR count). The predicted octanol–water partition coefficient (Wildman–Crippen LogP) is 4.34. The van der Waals surface area contributed by atoms with Gasteiger partial charge in [0.25, 0.3) is 11.2 Å². The van der Waals surface area contributed by atoms with E-state index in [1.54, 1.807) is 47.8 Å². The minimum absolute atomic E-state index is 0.0628. The number of hydrogen-bond donors (Lipinski definition) is 1. The maximum atomic E-state index is 13.6. The minimum atomic E-state index is -0.555. The Kier molecular flexibility index (Phi) is 7.20. The fourth-order valence-electron chi connectivity index (χ4n) is 4.34. The fraction of sp³-hybridized carbons (Fsp3) is 0.138. The predicted molar refractivity (Wildman–Crippen MR) is 151 cm³/mol. The van der Waals surface area contributed by atoms with Gasteiger partial charge in [0.1, 0.15) is 4.70 Å². The molecule has 0 bridgehead atoms. The van der Waals surface area contributed by atoms with Gasteiger partial charge in [-0.3, -0.25) is 24.3 Å². The molecule has 5 aromatic rings. The van der Waals surface area contributed by atoms with Crippen LogP contribution < -0.4 is 16.6 Å². The molecule has 2 heterocycles. The summed E-state index contributed by atoms with van der Waals surface area (Å²) in [5.74, 6) is -0.139. The zero-order chi connectivity index (χ0) is 27.5. The van der Waals surface area contributed by atoms with Gasteiger partial charge in [0.15, 0.2) is 0 Å². The van der Waals surface area contributed by atoms with E-state index < -0.39 is 16.2 Å². The Labute approximate surface area is 226 Å². The van der Waals surface area contributed by atoms with E-state index in [0.29, 0.717) is 28.0 Å². The van der Waals surface area contributed by atoms with Crippen LogP contribution in [0.25, 0.3) is 15.9 Å². The van der Waals surface area contributed by atoms with E-state index in [0.717, 1.165) is 21.3 Å². The Morgan fingerprint density at radius 1 is 0.949 bits per heavy atom. The molecule has 3 aromatic carbocycles. The lowest BCUT2D eigenvalue weighted by Gasteiger charge is -2.13. The first kappa shape index (κ1) is 25.8. The Hall–Kier alpha value is -4.83. The normalized spacial score (nSPS) is 11.0. The number of carbonyl (C=O) groups is 1. The van der Waals surface area contributed by atoms with Crippen LogP contribution in [0.5, 0.6) is 0 Å². The number of nitrogens with one attached hydrogen (secondary N) is 1. The smallest absolute Gasteiger partial charge is 0.336 e. The number of hydrogen-bond acceptors (Lipinski definition) is 6. The Morgan fingerprint density at radius 2 is 1.67 bits per heavy atom. The second kappa shape index (κ2) is 10.9. The average molecular weight is 541 g/mol. The van der Waals surface area contributed by atoms with E-state index >= 15 is 0 Å². The Morgan fingerprint density at radius 3 is 2.38 bits per heavy atom. The summed E-state index contributed by atoms with van der Waals surface area (Å²) in [6.07, 6.45) is 0.155. The summed E-state index contributed by atoms with van der Waals surface area (Å²) in [5, 5.41) is 15.8. The van der Waals surface area contributed by atoms with E-state index in [9.17, 15) is 24.5 Å². The summed E-state index contributed by atoms with van der Waals surface area (Å²) in [7, 11) is 0. The number of fused-ring (bicyclic) bond motifs is 1. The third kappa shape index (κ3) is 5.55. The third-order valence-corrected chi connectivity index (χ3v) is 7.28. The van der Waals surface area contributed by atoms with Crippen LogP contribution in [-0.2, 0) is 24.3 Å². The highest BCUT2D eigenvalue weighted by Crippen LogP contribution is 2.19. The molecular weight excluding hydrogens is 516 g/mol. The maximum absolute atomic E-state index is 13.6. The molecule has 0 fully saturated rings. The van der Waals surface area contributed by atoms with E-state index in [4.69, 9.17) is 0 Å². The molecule has 0 aliphatic rings. The second-order valence-electron chi connectivity index (χ2n) is 9.18. The van der Waals surface area contributed by atoms with Crippen LogP contribution in [0.15, 0.2) is 93.8 Å². The standard InChI is InChI=1S/C29H24N4O5S/c1-19-5-7-21(8-6-19)17-30-26(34)16-20-9-11-23(12-10-20)32-28(35)27-25(13-14-39-27)31(29(32)36)18-22-3-2-4-24(15-22)33(37)38/h2-15H,16-18H2,1H3,(H,30,34). The molecule has 0 saturated carbocycles. The Balaban J connectivity index is 1.40. The minimum Gasteiger partial charge on any atom is -0.352 e. The van der Waals surface area contributed by atoms with Crippen molar-refractivity contribution >= 4 is 33.1 Å². The molecule has 0 spiro atoms. The van der Waals surface area contributed by atoms with Gasteiger partial charge in [-0.05, 0) is 47.2 Å². The summed E-state index contributed by atoms with van der Waals surface area (Å²) in [4.78, 5) is 50.0. The molecule has 0 atom stereocenters. The van der Waals surface area contributed by atoms with Crippen molar-refractivity contribution in [1.29, 1.82) is 0 Å². The molecular formula is C29H24N4O5S. The molecule has 0 aliphatic carbocycles. The molecule has 0 radical (unpaired) electrons. The van der Waals surface area contributed by atoms with Gasteiger partial charge in [-0.1, -0.05) is 54.1 Å². The lowest BCUT2D eigenvalue weighted by molar-refractivity contribution is -0.384. The van der Waals surface area contributed by atoms with Gasteiger partial charge in [0, 0.05) is 18.7 Å². The SMILES string of the molecule is Cc1ccc(CNC(=O)Cc2ccc(-n3c(=O)c4sccc4n(Cc4cccc([N+](=O)[O-])c4)c3=O)cc2)cc1. The van der Waals surface area contributed by atoms with Crippen molar-refractivity contribution < 1.29 is 9.72 Å². The molecule has 1 amide bonds. The van der Waals surface area contributed by atoms with Crippen LogP contribution >= 0.6 is 11.3 Å². The summed E-state index contributed by atoms with van der Waals surface area (Å²) in [5.41, 5.74) is 3.24. The quantitative estimate of drug-likeness (QED) is 0.232. The summed E-state index contributed by atoms with van der Waals surface area (Å²) >= 11 is 1.23. The lowest BCUT2D eigenvalue weighted by atomic mass is 10.1. The van der Waals surface area contributed by atoms with Crippen LogP contribution in [-0.4, -0.2) is 20.0 Å². The monoisotopic (exact) mass is 540 g/mol. The van der Waals surface area contributed by atoms with Crippen LogP contribution in [0, 0.1) is 17.0 Å². The second-order valence-corrected chi connectivity index (χ2v) is 10.1. The van der Waals surface area contributed by atoms with Crippen molar-refractivity contribution in [2.45, 2.75) is 26.4 Å². The van der Waals surface area contributed by atoms with Crippen LogP contribution in [0.2, 0.25) is 0 Å². The van der Waals surface area contributed by atoms with E-state index in [-0.39, 0.29) is 24.6 Å². The van der Waals surface area contributed by atoms with Gasteiger partial charge in [0.2, 0.25) is 5.91 Å². The van der Waals surface area contributed by atoms with E-state index in [1.807, 2.05) is 31.2 Å². The number of amides is 1. The van der Waals surface area contributed by atoms with Crippen LogP contribution in [0.3, 0.4) is 0 Å². The number of rotatable bonds is 8. The van der Waals surface area contributed by atoms with Gasteiger partial charge < -0.3 is 5.32 Å². The molecule has 0 unspecified atom stereocenters. The highest BCUT2D eigenvalue weighted by atomic mass is 32.1. The topological polar surface area (TPSA) is 116 Å². The number of non-ortho nitro benzene ring substituents is 1. The number of nitro benzene ring substituents is 1. The highest BCUT2D eigenvalue weighted by Gasteiger charge is 2.17. The molecule has 0 aliphatic heterocycles. The van der Waals surface area contributed by atoms with Crippen LogP contribution in [0.4, 0.5) is 5.69 Å². The lowest BCUT2D eigenvalue weighted by Crippen LogP contribution is -2.38. The number of thiophene rings is 1. The molecule has 196 valence electrons. The number of nitro groups is 1. The number of aryl methyl sites for hydroxylation is 1. The van der Waals surface area contributed by atoms with Gasteiger partial charge in [-0.2, -0.15) is 0 Å². The first-order valence-corrected chi connectivity index (χ1v) is 13.1.